The summed E-state index contributed by atoms with van der Waals surface area (Å²) in [4.78, 5) is 11.5. The second kappa shape index (κ2) is 8.20. The van der Waals surface area contributed by atoms with Crippen LogP contribution in [0.2, 0.25) is 0 Å². The fourth-order valence-corrected chi connectivity index (χ4v) is 3.82. The maximum absolute atomic E-state index is 11.5. The van der Waals surface area contributed by atoms with E-state index in [9.17, 15) is 4.79 Å². The maximum atomic E-state index is 11.5. The molecule has 142 valence electrons. The number of benzene rings is 3. The lowest BCUT2D eigenvalue weighted by atomic mass is 9.86. The molecule has 1 unspecified atom stereocenters. The zero-order chi connectivity index (χ0) is 20.1. The molecule has 3 aromatic rings. The van der Waals surface area contributed by atoms with E-state index in [1.165, 1.54) is 18.1 Å². The number of hydrogen-bond acceptors (Lipinski definition) is 2. The fourth-order valence-electron chi connectivity index (χ4n) is 3.82. The average molecular weight is 378 g/mol. The Morgan fingerprint density at radius 2 is 1.41 bits per heavy atom. The summed E-state index contributed by atoms with van der Waals surface area (Å²) in [6.07, 6.45) is 2.76. The van der Waals surface area contributed by atoms with Crippen molar-refractivity contribution in [2.45, 2.75) is 18.8 Å². The van der Waals surface area contributed by atoms with Gasteiger partial charge in [0, 0.05) is 18.3 Å². The van der Waals surface area contributed by atoms with Crippen LogP contribution in [0.15, 0.2) is 96.8 Å². The average Bonchev–Trinajstić information content (AvgIpc) is 3.49. The van der Waals surface area contributed by atoms with Crippen LogP contribution in [0.3, 0.4) is 0 Å². The summed E-state index contributed by atoms with van der Waals surface area (Å²) in [7, 11) is 0. The van der Waals surface area contributed by atoms with Gasteiger partial charge in [0.2, 0.25) is 0 Å². The standard InChI is InChI=1S/C27H22O2/c1-21(28)29-26(19-22-11-5-2-6-12-22)18-17-25-20-27(25,23-13-7-3-8-14-23)24-15-9-4-10-16-24/h2-16,19,25H,20H2,1H3/b26-19+. The van der Waals surface area contributed by atoms with Crippen LogP contribution in [-0.4, -0.2) is 5.97 Å². The minimum atomic E-state index is -0.366. The summed E-state index contributed by atoms with van der Waals surface area (Å²) in [5.41, 5.74) is 3.38. The van der Waals surface area contributed by atoms with Gasteiger partial charge in [0.1, 0.15) is 0 Å². The van der Waals surface area contributed by atoms with Gasteiger partial charge in [-0.15, -0.1) is 0 Å². The molecule has 0 saturated heterocycles. The van der Waals surface area contributed by atoms with E-state index in [0.717, 1.165) is 12.0 Å². The van der Waals surface area contributed by atoms with E-state index in [2.05, 4.69) is 60.4 Å². The zero-order valence-corrected chi connectivity index (χ0v) is 16.3. The third kappa shape index (κ3) is 4.15. The first-order chi connectivity index (χ1) is 14.2. The minimum absolute atomic E-state index is 0.108. The van der Waals surface area contributed by atoms with Gasteiger partial charge in [-0.05, 0) is 35.1 Å². The Hall–Kier alpha value is -3.57. The SMILES string of the molecule is CC(=O)O/C(C#CC1CC1(c1ccccc1)c1ccccc1)=C/c1ccccc1. The summed E-state index contributed by atoms with van der Waals surface area (Å²) in [5.74, 6) is 6.68. The van der Waals surface area contributed by atoms with Crippen molar-refractivity contribution in [3.8, 4) is 11.8 Å². The second-order valence-electron chi connectivity index (χ2n) is 7.24. The minimum Gasteiger partial charge on any atom is -0.417 e. The van der Waals surface area contributed by atoms with E-state index >= 15 is 0 Å². The van der Waals surface area contributed by atoms with Crippen LogP contribution in [0.1, 0.15) is 30.0 Å². The summed E-state index contributed by atoms with van der Waals surface area (Å²) >= 11 is 0. The van der Waals surface area contributed by atoms with Gasteiger partial charge in [-0.1, -0.05) is 96.9 Å². The van der Waals surface area contributed by atoms with E-state index in [1.54, 1.807) is 0 Å². The van der Waals surface area contributed by atoms with Crippen LogP contribution in [0.25, 0.3) is 6.08 Å². The van der Waals surface area contributed by atoms with Gasteiger partial charge >= 0.3 is 5.97 Å². The third-order valence-electron chi connectivity index (χ3n) is 5.26. The van der Waals surface area contributed by atoms with Crippen LogP contribution < -0.4 is 0 Å². The Balaban J connectivity index is 1.68. The predicted molar refractivity (Wildman–Crippen MR) is 116 cm³/mol. The highest BCUT2D eigenvalue weighted by Crippen LogP contribution is 2.58. The lowest BCUT2D eigenvalue weighted by Crippen LogP contribution is -2.11. The molecule has 0 aliphatic heterocycles. The molecule has 0 radical (unpaired) electrons. The molecule has 1 aliphatic carbocycles. The number of carbonyl (C=O) groups excluding carboxylic acids is 1. The van der Waals surface area contributed by atoms with E-state index in [0.29, 0.717) is 5.76 Å². The molecular formula is C27H22O2. The van der Waals surface area contributed by atoms with Crippen molar-refractivity contribution in [1.82, 2.24) is 0 Å². The van der Waals surface area contributed by atoms with Gasteiger partial charge in [0.05, 0.1) is 0 Å². The van der Waals surface area contributed by atoms with Crippen LogP contribution in [-0.2, 0) is 14.9 Å². The highest BCUT2D eigenvalue weighted by atomic mass is 16.5. The molecule has 2 nitrogen and oxygen atoms in total. The molecular weight excluding hydrogens is 356 g/mol. The van der Waals surface area contributed by atoms with E-state index < -0.39 is 0 Å². The van der Waals surface area contributed by atoms with Gasteiger partial charge in [-0.2, -0.15) is 0 Å². The molecule has 0 amide bonds. The smallest absolute Gasteiger partial charge is 0.308 e. The fraction of sp³-hybridized carbons (Fsp3) is 0.148. The normalized spacial score (nSPS) is 17.0. The Morgan fingerprint density at radius 1 is 0.897 bits per heavy atom. The number of allylic oxidation sites excluding steroid dienone is 1. The second-order valence-corrected chi connectivity index (χ2v) is 7.24. The first-order valence-corrected chi connectivity index (χ1v) is 9.76. The van der Waals surface area contributed by atoms with Gasteiger partial charge < -0.3 is 4.74 Å². The molecule has 0 bridgehead atoms. The molecule has 1 aliphatic rings. The Morgan fingerprint density at radius 3 is 1.93 bits per heavy atom. The number of hydrogen-bond donors (Lipinski definition) is 0. The molecule has 1 fully saturated rings. The Bertz CT molecular complexity index is 1030. The van der Waals surface area contributed by atoms with Crippen molar-refractivity contribution in [3.63, 3.8) is 0 Å². The van der Waals surface area contributed by atoms with Crippen molar-refractivity contribution in [2.75, 3.05) is 0 Å². The molecule has 0 aromatic heterocycles. The molecule has 0 spiro atoms. The number of rotatable bonds is 4. The van der Waals surface area contributed by atoms with E-state index in [-0.39, 0.29) is 17.3 Å². The molecule has 2 heteroatoms. The van der Waals surface area contributed by atoms with Crippen LogP contribution in [0, 0.1) is 17.8 Å². The molecule has 0 N–H and O–H groups in total. The predicted octanol–water partition coefficient (Wildman–Crippen LogP) is 5.60. The van der Waals surface area contributed by atoms with Gasteiger partial charge in [-0.3, -0.25) is 4.79 Å². The van der Waals surface area contributed by atoms with E-state index in [4.69, 9.17) is 4.74 Å². The molecule has 4 rings (SSSR count). The zero-order valence-electron chi connectivity index (χ0n) is 16.3. The summed E-state index contributed by atoms with van der Waals surface area (Å²) in [6, 6.07) is 30.8. The molecule has 3 aromatic carbocycles. The van der Waals surface area contributed by atoms with Crippen molar-refractivity contribution in [1.29, 1.82) is 0 Å². The van der Waals surface area contributed by atoms with Gasteiger partial charge in [0.25, 0.3) is 0 Å². The van der Waals surface area contributed by atoms with Crippen LogP contribution in [0.5, 0.6) is 0 Å². The Labute approximate surface area is 171 Å². The largest absolute Gasteiger partial charge is 0.417 e. The van der Waals surface area contributed by atoms with Crippen LogP contribution in [0.4, 0.5) is 0 Å². The lowest BCUT2D eigenvalue weighted by Gasteiger charge is -2.17. The first-order valence-electron chi connectivity index (χ1n) is 9.76. The van der Waals surface area contributed by atoms with Crippen molar-refractivity contribution in [3.05, 3.63) is 113 Å². The van der Waals surface area contributed by atoms with Crippen molar-refractivity contribution < 1.29 is 9.53 Å². The first kappa shape index (κ1) is 18.8. The monoisotopic (exact) mass is 378 g/mol. The highest BCUT2D eigenvalue weighted by Gasteiger charge is 2.55. The highest BCUT2D eigenvalue weighted by molar-refractivity contribution is 5.70. The quantitative estimate of drug-likeness (QED) is 0.336. The summed E-state index contributed by atoms with van der Waals surface area (Å²) in [5, 5.41) is 0. The molecule has 1 saturated carbocycles. The maximum Gasteiger partial charge on any atom is 0.308 e. The van der Waals surface area contributed by atoms with Crippen LogP contribution >= 0.6 is 0 Å². The van der Waals surface area contributed by atoms with Gasteiger partial charge in [0.15, 0.2) is 5.76 Å². The number of ether oxygens (including phenoxy) is 1. The molecule has 29 heavy (non-hydrogen) atoms. The summed E-state index contributed by atoms with van der Waals surface area (Å²) in [6.45, 7) is 1.40. The Kier molecular flexibility index (Phi) is 5.31. The lowest BCUT2D eigenvalue weighted by molar-refractivity contribution is -0.136. The van der Waals surface area contributed by atoms with Gasteiger partial charge in [-0.25, -0.2) is 0 Å². The topological polar surface area (TPSA) is 26.3 Å². The molecule has 0 heterocycles. The van der Waals surface area contributed by atoms with E-state index in [1.807, 2.05) is 48.5 Å². The summed E-state index contributed by atoms with van der Waals surface area (Å²) < 4.78 is 5.36. The third-order valence-corrected chi connectivity index (χ3v) is 5.26. The number of esters is 1. The molecule has 1 atom stereocenters. The number of carbonyl (C=O) groups is 1. The van der Waals surface area contributed by atoms with Crippen molar-refractivity contribution >= 4 is 12.0 Å². The van der Waals surface area contributed by atoms with Crippen molar-refractivity contribution in [2.24, 2.45) is 5.92 Å².